The van der Waals surface area contributed by atoms with Gasteiger partial charge in [0.15, 0.2) is 5.82 Å². The third-order valence-corrected chi connectivity index (χ3v) is 3.26. The molecule has 1 saturated carbocycles. The van der Waals surface area contributed by atoms with Crippen molar-refractivity contribution in [2.24, 2.45) is 7.05 Å². The molecule has 0 unspecified atom stereocenters. The second kappa shape index (κ2) is 3.97. The van der Waals surface area contributed by atoms with Crippen molar-refractivity contribution in [2.45, 2.75) is 31.3 Å². The third kappa shape index (κ3) is 2.14. The highest BCUT2D eigenvalue weighted by molar-refractivity contribution is 5.61. The first-order valence-electron chi connectivity index (χ1n) is 5.73. The number of rotatable bonds is 3. The van der Waals surface area contributed by atoms with E-state index in [9.17, 15) is 5.11 Å². The minimum atomic E-state index is -0.557. The maximum atomic E-state index is 10.3. The number of aromatic nitrogens is 2. The minimum absolute atomic E-state index is 0.557. The maximum Gasteiger partial charge on any atom is 0.173 e. The van der Waals surface area contributed by atoms with Crippen molar-refractivity contribution in [3.05, 3.63) is 6.20 Å². The van der Waals surface area contributed by atoms with E-state index in [4.69, 9.17) is 5.73 Å². The highest BCUT2D eigenvalue weighted by atomic mass is 16.3. The van der Waals surface area contributed by atoms with Crippen molar-refractivity contribution < 1.29 is 5.11 Å². The summed E-state index contributed by atoms with van der Waals surface area (Å²) in [7, 11) is 3.77. The maximum absolute atomic E-state index is 10.3. The molecule has 3 N–H and O–H groups in total. The molecule has 0 spiro atoms. The van der Waals surface area contributed by atoms with Crippen LogP contribution in [0.3, 0.4) is 0 Å². The van der Waals surface area contributed by atoms with Gasteiger partial charge >= 0.3 is 0 Å². The standard InChI is InChI=1S/C11H20N4O/c1-14(8-11(16)5-3-4-6-11)10-9(12)7-15(2)13-10/h7,16H,3-6,8,12H2,1-2H3. The number of nitrogens with zero attached hydrogens (tertiary/aromatic N) is 3. The van der Waals surface area contributed by atoms with Gasteiger partial charge in [0, 0.05) is 26.8 Å². The van der Waals surface area contributed by atoms with Gasteiger partial charge in [-0.15, -0.1) is 0 Å². The van der Waals surface area contributed by atoms with Crippen LogP contribution in [0.25, 0.3) is 0 Å². The van der Waals surface area contributed by atoms with E-state index in [1.54, 1.807) is 10.9 Å². The van der Waals surface area contributed by atoms with Crippen LogP contribution in [0.15, 0.2) is 6.20 Å². The third-order valence-electron chi connectivity index (χ3n) is 3.26. The molecule has 0 radical (unpaired) electrons. The molecule has 90 valence electrons. The summed E-state index contributed by atoms with van der Waals surface area (Å²) in [5, 5.41) is 14.6. The van der Waals surface area contributed by atoms with E-state index in [1.165, 1.54) is 0 Å². The van der Waals surface area contributed by atoms with Gasteiger partial charge in [-0.3, -0.25) is 4.68 Å². The van der Waals surface area contributed by atoms with Crippen LogP contribution in [-0.2, 0) is 7.05 Å². The zero-order valence-electron chi connectivity index (χ0n) is 9.98. The van der Waals surface area contributed by atoms with Gasteiger partial charge in [-0.05, 0) is 12.8 Å². The molecule has 16 heavy (non-hydrogen) atoms. The SMILES string of the molecule is CN(CC1(O)CCCC1)c1nn(C)cc1N. The fourth-order valence-corrected chi connectivity index (χ4v) is 2.50. The van der Waals surface area contributed by atoms with E-state index in [1.807, 2.05) is 19.0 Å². The first kappa shape index (κ1) is 11.3. The molecule has 1 aliphatic rings. The number of anilines is 2. The van der Waals surface area contributed by atoms with E-state index >= 15 is 0 Å². The minimum Gasteiger partial charge on any atom is -0.394 e. The smallest absolute Gasteiger partial charge is 0.173 e. The second-order valence-electron chi connectivity index (χ2n) is 4.87. The molecular formula is C11H20N4O. The van der Waals surface area contributed by atoms with Crippen molar-refractivity contribution in [3.63, 3.8) is 0 Å². The number of nitrogens with two attached hydrogens (primary N) is 1. The van der Waals surface area contributed by atoms with Crippen LogP contribution < -0.4 is 10.6 Å². The number of nitrogen functional groups attached to an aromatic ring is 1. The molecule has 1 aromatic rings. The Balaban J connectivity index is 2.07. The summed E-state index contributed by atoms with van der Waals surface area (Å²) in [6, 6.07) is 0. The largest absolute Gasteiger partial charge is 0.394 e. The van der Waals surface area contributed by atoms with Crippen LogP contribution in [0.5, 0.6) is 0 Å². The number of hydrogen-bond acceptors (Lipinski definition) is 4. The Morgan fingerprint density at radius 2 is 2.19 bits per heavy atom. The van der Waals surface area contributed by atoms with Crippen LogP contribution >= 0.6 is 0 Å². The van der Waals surface area contributed by atoms with Gasteiger partial charge in [0.2, 0.25) is 0 Å². The predicted molar refractivity (Wildman–Crippen MR) is 64.3 cm³/mol. The van der Waals surface area contributed by atoms with Crippen molar-refractivity contribution in [1.82, 2.24) is 9.78 Å². The lowest BCUT2D eigenvalue weighted by molar-refractivity contribution is 0.0558. The van der Waals surface area contributed by atoms with Gasteiger partial charge in [-0.25, -0.2) is 0 Å². The summed E-state index contributed by atoms with van der Waals surface area (Å²) in [5.41, 5.74) is 5.96. The average molecular weight is 224 g/mol. The topological polar surface area (TPSA) is 67.3 Å². The monoisotopic (exact) mass is 224 g/mol. The molecule has 0 amide bonds. The predicted octanol–water partition coefficient (Wildman–Crippen LogP) is 0.744. The molecule has 0 aliphatic heterocycles. The van der Waals surface area contributed by atoms with E-state index < -0.39 is 5.60 Å². The number of aryl methyl sites for hydroxylation is 1. The molecule has 0 bridgehead atoms. The van der Waals surface area contributed by atoms with Gasteiger partial charge < -0.3 is 15.7 Å². The van der Waals surface area contributed by atoms with Crippen molar-refractivity contribution in [3.8, 4) is 0 Å². The summed E-state index contributed by atoms with van der Waals surface area (Å²) in [4.78, 5) is 1.95. The number of hydrogen-bond donors (Lipinski definition) is 2. The van der Waals surface area contributed by atoms with Crippen LogP contribution in [0, 0.1) is 0 Å². The van der Waals surface area contributed by atoms with Crippen LogP contribution in [-0.4, -0.2) is 34.1 Å². The van der Waals surface area contributed by atoms with Crippen molar-refractivity contribution >= 4 is 11.5 Å². The van der Waals surface area contributed by atoms with Crippen molar-refractivity contribution in [1.29, 1.82) is 0 Å². The Morgan fingerprint density at radius 3 is 2.69 bits per heavy atom. The molecule has 0 saturated heterocycles. The molecule has 0 aromatic carbocycles. The summed E-state index contributed by atoms with van der Waals surface area (Å²) >= 11 is 0. The molecule has 5 heteroatoms. The van der Waals surface area contributed by atoms with Crippen LogP contribution in [0.1, 0.15) is 25.7 Å². The van der Waals surface area contributed by atoms with Crippen molar-refractivity contribution in [2.75, 3.05) is 24.2 Å². The summed E-state index contributed by atoms with van der Waals surface area (Å²) in [5.74, 6) is 0.753. The summed E-state index contributed by atoms with van der Waals surface area (Å²) in [6.45, 7) is 0.605. The molecule has 1 fully saturated rings. The van der Waals surface area contributed by atoms with Gasteiger partial charge in [-0.2, -0.15) is 5.10 Å². The van der Waals surface area contributed by atoms with E-state index in [2.05, 4.69) is 5.10 Å². The quantitative estimate of drug-likeness (QED) is 0.795. The molecule has 2 rings (SSSR count). The number of aliphatic hydroxyl groups is 1. The Bertz CT molecular complexity index is 368. The first-order chi connectivity index (χ1) is 7.50. The van der Waals surface area contributed by atoms with Gasteiger partial charge in [-0.1, -0.05) is 12.8 Å². The molecule has 1 aliphatic carbocycles. The lowest BCUT2D eigenvalue weighted by Gasteiger charge is -2.28. The summed E-state index contributed by atoms with van der Waals surface area (Å²) in [6.07, 6.45) is 5.77. The lowest BCUT2D eigenvalue weighted by Crippen LogP contribution is -2.39. The van der Waals surface area contributed by atoms with Crippen LogP contribution in [0.2, 0.25) is 0 Å². The van der Waals surface area contributed by atoms with Crippen LogP contribution in [0.4, 0.5) is 11.5 Å². The average Bonchev–Trinajstić information content (AvgIpc) is 2.73. The second-order valence-corrected chi connectivity index (χ2v) is 4.87. The Morgan fingerprint density at radius 1 is 1.56 bits per heavy atom. The summed E-state index contributed by atoms with van der Waals surface area (Å²) < 4.78 is 1.69. The van der Waals surface area contributed by atoms with Gasteiger partial charge in [0.05, 0.1) is 11.3 Å². The van der Waals surface area contributed by atoms with E-state index in [-0.39, 0.29) is 0 Å². The van der Waals surface area contributed by atoms with Gasteiger partial charge in [0.25, 0.3) is 0 Å². The zero-order valence-corrected chi connectivity index (χ0v) is 9.98. The first-order valence-corrected chi connectivity index (χ1v) is 5.73. The normalized spacial score (nSPS) is 18.9. The molecule has 1 aromatic heterocycles. The highest BCUT2D eigenvalue weighted by Gasteiger charge is 2.33. The molecule has 0 atom stereocenters. The Labute approximate surface area is 95.8 Å². The van der Waals surface area contributed by atoms with Gasteiger partial charge in [0.1, 0.15) is 0 Å². The zero-order chi connectivity index (χ0) is 11.8. The Kier molecular flexibility index (Phi) is 2.80. The van der Waals surface area contributed by atoms with E-state index in [0.29, 0.717) is 12.2 Å². The Hall–Kier alpha value is -1.23. The molecular weight excluding hydrogens is 204 g/mol. The lowest BCUT2D eigenvalue weighted by atomic mass is 10.0. The molecule has 1 heterocycles. The fourth-order valence-electron chi connectivity index (χ4n) is 2.50. The highest BCUT2D eigenvalue weighted by Crippen LogP contribution is 2.31. The number of likely N-dealkylation sites (N-methyl/N-ethyl adjacent to an activating group) is 1. The molecule has 5 nitrogen and oxygen atoms in total. The fraction of sp³-hybridized carbons (Fsp3) is 0.727. The van der Waals surface area contributed by atoms with E-state index in [0.717, 1.165) is 31.5 Å².